The molecule has 2 fully saturated rings. The van der Waals surface area contributed by atoms with E-state index in [2.05, 4.69) is 84.8 Å². The van der Waals surface area contributed by atoms with E-state index in [1.54, 1.807) is 6.08 Å². The van der Waals surface area contributed by atoms with Crippen LogP contribution in [0.5, 0.6) is 0 Å². The Morgan fingerprint density at radius 1 is 1.06 bits per heavy atom. The second-order valence-corrected chi connectivity index (χ2v) is 13.5. The quantitative estimate of drug-likeness (QED) is 0.175. The maximum Gasteiger partial charge on any atom is 0.220 e. The average Bonchev–Trinajstić information content (AvgIpc) is 3.08. The van der Waals surface area contributed by atoms with Crippen molar-refractivity contribution in [3.63, 3.8) is 0 Å². The first-order valence-corrected chi connectivity index (χ1v) is 19.1. The summed E-state index contributed by atoms with van der Waals surface area (Å²) in [6.07, 6.45) is 16.9. The van der Waals surface area contributed by atoms with E-state index < -0.39 is 0 Å². The van der Waals surface area contributed by atoms with Gasteiger partial charge in [0.2, 0.25) is 5.91 Å². The first-order valence-electron chi connectivity index (χ1n) is 19.1. The van der Waals surface area contributed by atoms with Crippen LogP contribution in [0.3, 0.4) is 0 Å². The molecule has 2 aliphatic heterocycles. The summed E-state index contributed by atoms with van der Waals surface area (Å²) in [5.41, 5.74) is 13.8. The summed E-state index contributed by atoms with van der Waals surface area (Å²) in [6.45, 7) is 23.9. The van der Waals surface area contributed by atoms with Crippen LogP contribution in [-0.2, 0) is 17.8 Å². The molecule has 1 aromatic carbocycles. The molecule has 1 aliphatic carbocycles. The van der Waals surface area contributed by atoms with Gasteiger partial charge in [-0.1, -0.05) is 71.2 Å². The van der Waals surface area contributed by atoms with Crippen LogP contribution in [0.2, 0.25) is 0 Å². The lowest BCUT2D eigenvalue weighted by molar-refractivity contribution is -0.122. The summed E-state index contributed by atoms with van der Waals surface area (Å²) in [5, 5.41) is 3.48. The summed E-state index contributed by atoms with van der Waals surface area (Å²) in [7, 11) is 2.19. The molecule has 1 aromatic rings. The predicted octanol–water partition coefficient (Wildman–Crippen LogP) is 8.06. The third kappa shape index (κ3) is 13.5. The standard InChI is InChI=1S/C36H58N6O.C3H6.C2H6/c1-6-11-33(25-35(39-36(43)12-7-2)30-13-9-8-10-14-30)42-18-17-29-15-16-31(24-32(29)26-42)34(38-28(4)37)23-27(3)41-21-19-40(5)20-22-41;1-3-2;1-2/h11,15-16,23-24,28,30,35H,6-10,12-14,17-22,25-26,37H2,1-5H3,(H,39,43);3H,1H2,2H3;1-2H3/b27-23+,33-11-,38-34+;;. The first-order chi connectivity index (χ1) is 23.2. The second-order valence-electron chi connectivity index (χ2n) is 13.5. The highest BCUT2D eigenvalue weighted by atomic mass is 16.1. The zero-order valence-corrected chi connectivity index (χ0v) is 32.0. The highest BCUT2D eigenvalue weighted by molar-refractivity contribution is 6.09. The fourth-order valence-corrected chi connectivity index (χ4v) is 7.00. The van der Waals surface area contributed by atoms with Gasteiger partial charge in [-0.3, -0.25) is 9.79 Å². The number of hydrogen-bond acceptors (Lipinski definition) is 6. The highest BCUT2D eigenvalue weighted by Gasteiger charge is 2.28. The number of benzene rings is 1. The number of rotatable bonds is 12. The van der Waals surface area contributed by atoms with E-state index in [1.807, 2.05) is 27.7 Å². The zero-order chi connectivity index (χ0) is 35.5. The van der Waals surface area contributed by atoms with Crippen LogP contribution in [0.1, 0.15) is 123 Å². The number of hydrogen-bond donors (Lipinski definition) is 2. The third-order valence-corrected chi connectivity index (χ3v) is 9.52. The van der Waals surface area contributed by atoms with Gasteiger partial charge in [0.05, 0.1) is 11.9 Å². The number of fused-ring (bicyclic) bond motifs is 1. The van der Waals surface area contributed by atoms with Crippen LogP contribution in [0.15, 0.2) is 59.4 Å². The van der Waals surface area contributed by atoms with E-state index in [9.17, 15) is 4.79 Å². The van der Waals surface area contributed by atoms with Gasteiger partial charge in [-0.15, -0.1) is 6.58 Å². The van der Waals surface area contributed by atoms with Gasteiger partial charge in [-0.2, -0.15) is 0 Å². The number of nitrogens with one attached hydrogen (secondary N) is 1. The van der Waals surface area contributed by atoms with E-state index in [0.717, 1.165) is 76.2 Å². The zero-order valence-electron chi connectivity index (χ0n) is 32.0. The van der Waals surface area contributed by atoms with Crippen molar-refractivity contribution in [2.24, 2.45) is 16.6 Å². The lowest BCUT2D eigenvalue weighted by Crippen LogP contribution is -2.43. The van der Waals surface area contributed by atoms with Gasteiger partial charge in [0.1, 0.15) is 0 Å². The molecule has 2 unspecified atom stereocenters. The van der Waals surface area contributed by atoms with Crippen LogP contribution in [0, 0.1) is 5.92 Å². The monoisotopic (exact) mass is 663 g/mol. The molecule has 0 radical (unpaired) electrons. The van der Waals surface area contributed by atoms with Crippen molar-refractivity contribution in [3.8, 4) is 0 Å². The predicted molar refractivity (Wildman–Crippen MR) is 207 cm³/mol. The van der Waals surface area contributed by atoms with Gasteiger partial charge < -0.3 is 25.8 Å². The molecule has 48 heavy (non-hydrogen) atoms. The van der Waals surface area contributed by atoms with Crippen LogP contribution in [0.25, 0.3) is 0 Å². The van der Waals surface area contributed by atoms with Crippen molar-refractivity contribution in [1.29, 1.82) is 0 Å². The van der Waals surface area contributed by atoms with E-state index >= 15 is 0 Å². The lowest BCUT2D eigenvalue weighted by Gasteiger charge is -2.37. The Bertz CT molecular complexity index is 1190. The summed E-state index contributed by atoms with van der Waals surface area (Å²) >= 11 is 0. The number of carbonyl (C=O) groups excluding carboxylic acids is 1. The Kier molecular flexibility index (Phi) is 19.5. The molecule has 7 heteroatoms. The number of amides is 1. The Balaban J connectivity index is 0.00000151. The van der Waals surface area contributed by atoms with Gasteiger partial charge in [-0.25, -0.2) is 0 Å². The summed E-state index contributed by atoms with van der Waals surface area (Å²) in [4.78, 5) is 25.1. The molecule has 0 bridgehead atoms. The number of piperazine rings is 1. The van der Waals surface area contributed by atoms with Crippen molar-refractivity contribution in [3.05, 3.63) is 71.1 Å². The molecule has 7 nitrogen and oxygen atoms in total. The van der Waals surface area contributed by atoms with Crippen molar-refractivity contribution in [1.82, 2.24) is 20.0 Å². The Hall–Kier alpha value is -2.90. The Morgan fingerprint density at radius 2 is 1.73 bits per heavy atom. The topological polar surface area (TPSA) is 77.2 Å². The highest BCUT2D eigenvalue weighted by Crippen LogP contribution is 2.32. The molecular weight excluding hydrogens is 592 g/mol. The number of aliphatic imine (C=N–C) groups is 1. The SMILES string of the molecule is C=CC.CC.CC/C=C(/CC(NC(=O)CCC)C1CCCCC1)N1CCc2ccc(C(/C=C(\C)N3CCN(C)CC3)=N/C(C)N)cc2C1. The molecule has 3 aliphatic rings. The Morgan fingerprint density at radius 3 is 2.33 bits per heavy atom. The molecule has 2 heterocycles. The maximum atomic E-state index is 12.8. The van der Waals surface area contributed by atoms with Crippen LogP contribution >= 0.6 is 0 Å². The number of likely N-dealkylation sites (N-methyl/N-ethyl adjacent to an activating group) is 1. The summed E-state index contributed by atoms with van der Waals surface area (Å²) < 4.78 is 0. The molecule has 270 valence electrons. The number of allylic oxidation sites excluding steroid dienone is 4. The van der Waals surface area contributed by atoms with Crippen molar-refractivity contribution < 1.29 is 4.79 Å². The minimum atomic E-state index is -0.266. The van der Waals surface area contributed by atoms with Crippen LogP contribution in [-0.4, -0.2) is 78.3 Å². The smallest absolute Gasteiger partial charge is 0.220 e. The first kappa shape index (κ1) is 41.3. The molecule has 0 aromatic heterocycles. The fourth-order valence-electron chi connectivity index (χ4n) is 7.00. The number of nitrogens with zero attached hydrogens (tertiary/aromatic N) is 4. The van der Waals surface area contributed by atoms with E-state index in [-0.39, 0.29) is 18.1 Å². The minimum absolute atomic E-state index is 0.212. The molecule has 2 atom stereocenters. The fraction of sp³-hybridized carbons (Fsp3) is 0.659. The van der Waals surface area contributed by atoms with Gasteiger partial charge >= 0.3 is 0 Å². The third-order valence-electron chi connectivity index (χ3n) is 9.52. The summed E-state index contributed by atoms with van der Waals surface area (Å²) in [5.74, 6) is 0.786. The number of carbonyl (C=O) groups is 1. The van der Waals surface area contributed by atoms with Gasteiger partial charge in [0.15, 0.2) is 0 Å². The minimum Gasteiger partial charge on any atom is -0.372 e. The molecular formula is C41H70N6O. The molecule has 1 amide bonds. The van der Waals surface area contributed by atoms with Gasteiger partial charge in [0, 0.05) is 75.1 Å². The van der Waals surface area contributed by atoms with E-state index in [1.165, 1.54) is 54.6 Å². The summed E-state index contributed by atoms with van der Waals surface area (Å²) in [6, 6.07) is 7.10. The Labute approximate surface area is 294 Å². The molecule has 1 saturated carbocycles. The molecule has 4 rings (SSSR count). The van der Waals surface area contributed by atoms with Gasteiger partial charge in [0.25, 0.3) is 0 Å². The van der Waals surface area contributed by atoms with Crippen molar-refractivity contribution >= 4 is 11.6 Å². The number of nitrogens with two attached hydrogens (primary N) is 1. The van der Waals surface area contributed by atoms with Crippen LogP contribution < -0.4 is 11.1 Å². The largest absolute Gasteiger partial charge is 0.372 e. The average molecular weight is 663 g/mol. The molecule has 3 N–H and O–H groups in total. The van der Waals surface area contributed by atoms with Crippen LogP contribution in [0.4, 0.5) is 0 Å². The lowest BCUT2D eigenvalue weighted by atomic mass is 9.81. The van der Waals surface area contributed by atoms with E-state index in [0.29, 0.717) is 12.3 Å². The molecule has 0 spiro atoms. The molecule has 1 saturated heterocycles. The van der Waals surface area contributed by atoms with Crippen molar-refractivity contribution in [2.45, 2.75) is 131 Å². The normalized spacial score (nSPS) is 19.2. The van der Waals surface area contributed by atoms with E-state index in [4.69, 9.17) is 10.7 Å². The maximum absolute atomic E-state index is 12.8. The van der Waals surface area contributed by atoms with Crippen molar-refractivity contribution in [2.75, 3.05) is 39.8 Å². The van der Waals surface area contributed by atoms with Gasteiger partial charge in [-0.05, 0) is 89.1 Å². The second kappa shape index (κ2) is 22.7.